The molecular formula is C14H16O4. The fourth-order valence-electron chi connectivity index (χ4n) is 2.53. The molecule has 0 amide bonds. The zero-order valence-electron chi connectivity index (χ0n) is 10.3. The Bertz CT molecular complexity index is 478. The number of hydrogen-bond acceptors (Lipinski definition) is 3. The maximum absolute atomic E-state index is 11.3. The largest absolute Gasteiger partial charge is 0.478 e. The lowest BCUT2D eigenvalue weighted by Crippen LogP contribution is -2.29. The van der Waals surface area contributed by atoms with Gasteiger partial charge in [-0.3, -0.25) is 0 Å². The Labute approximate surface area is 106 Å². The maximum atomic E-state index is 11.3. The normalized spacial score (nSPS) is 32.7. The average molecular weight is 248 g/mol. The molecule has 0 aromatic heterocycles. The molecule has 3 rings (SSSR count). The third-order valence-corrected chi connectivity index (χ3v) is 3.80. The van der Waals surface area contributed by atoms with Crippen LogP contribution in [0.5, 0.6) is 5.75 Å². The molecule has 2 heterocycles. The number of aliphatic carboxylic acids is 1. The maximum Gasteiger partial charge on any atom is 0.345 e. The number of carboxylic acid groups (broad SMARTS) is 1. The molecule has 0 saturated carbocycles. The third kappa shape index (κ3) is 1.97. The van der Waals surface area contributed by atoms with E-state index in [0.717, 1.165) is 25.0 Å². The summed E-state index contributed by atoms with van der Waals surface area (Å²) in [6.07, 6.45) is 0.897. The average Bonchev–Trinajstić information content (AvgIpc) is 2.96. The van der Waals surface area contributed by atoms with Gasteiger partial charge in [-0.2, -0.15) is 0 Å². The van der Waals surface area contributed by atoms with E-state index in [2.05, 4.69) is 6.92 Å². The first kappa shape index (κ1) is 11.5. The highest BCUT2D eigenvalue weighted by molar-refractivity contribution is 5.76. The summed E-state index contributed by atoms with van der Waals surface area (Å²) >= 11 is 0. The molecule has 0 radical (unpaired) electrons. The highest BCUT2D eigenvalue weighted by atomic mass is 16.6. The number of benzene rings is 1. The number of carbonyl (C=O) groups is 1. The molecule has 0 spiro atoms. The second-order valence-corrected chi connectivity index (χ2v) is 5.30. The Morgan fingerprint density at radius 3 is 2.89 bits per heavy atom. The molecule has 1 aromatic carbocycles. The van der Waals surface area contributed by atoms with Crippen LogP contribution in [-0.4, -0.2) is 29.4 Å². The Morgan fingerprint density at radius 1 is 1.50 bits per heavy atom. The van der Waals surface area contributed by atoms with Crippen molar-refractivity contribution in [1.82, 2.24) is 0 Å². The Kier molecular flexibility index (Phi) is 2.55. The molecule has 1 fully saturated rings. The van der Waals surface area contributed by atoms with Gasteiger partial charge in [0.2, 0.25) is 6.10 Å². The van der Waals surface area contributed by atoms with Crippen LogP contribution in [0.25, 0.3) is 0 Å². The van der Waals surface area contributed by atoms with Crippen LogP contribution in [0.4, 0.5) is 0 Å². The van der Waals surface area contributed by atoms with Gasteiger partial charge in [0.15, 0.2) is 0 Å². The zero-order valence-corrected chi connectivity index (χ0v) is 10.3. The molecule has 2 aliphatic rings. The Balaban J connectivity index is 1.81. The van der Waals surface area contributed by atoms with E-state index in [9.17, 15) is 9.90 Å². The molecule has 2 aliphatic heterocycles. The highest BCUT2D eigenvalue weighted by Gasteiger charge is 2.44. The Morgan fingerprint density at radius 2 is 2.22 bits per heavy atom. The summed E-state index contributed by atoms with van der Waals surface area (Å²) in [4.78, 5) is 11.3. The second-order valence-electron chi connectivity index (χ2n) is 5.30. The first-order valence-corrected chi connectivity index (χ1v) is 6.21. The van der Waals surface area contributed by atoms with E-state index in [0.29, 0.717) is 5.75 Å². The minimum absolute atomic E-state index is 0.0411. The minimum atomic E-state index is -0.891. The predicted octanol–water partition coefficient (Wildman–Crippen LogP) is 2.18. The standard InChI is InChI=1S/C14H16O4/c1-14(8-17-14)7-6-10-9-4-2-3-5-11(9)18-12(10)13(15)16/h2-5,10,12H,6-8H2,1H3,(H,15,16). The number of ether oxygens (including phenoxy) is 2. The van der Waals surface area contributed by atoms with Crippen LogP contribution < -0.4 is 4.74 Å². The van der Waals surface area contributed by atoms with Crippen molar-refractivity contribution in [3.63, 3.8) is 0 Å². The minimum Gasteiger partial charge on any atom is -0.478 e. The first-order chi connectivity index (χ1) is 8.59. The van der Waals surface area contributed by atoms with Crippen LogP contribution >= 0.6 is 0 Å². The number of epoxide rings is 1. The molecule has 1 N–H and O–H groups in total. The number of hydrogen-bond donors (Lipinski definition) is 1. The zero-order chi connectivity index (χ0) is 12.8. The van der Waals surface area contributed by atoms with Crippen molar-refractivity contribution < 1.29 is 19.4 Å². The topological polar surface area (TPSA) is 59.1 Å². The first-order valence-electron chi connectivity index (χ1n) is 6.21. The van der Waals surface area contributed by atoms with E-state index in [-0.39, 0.29) is 11.5 Å². The van der Waals surface area contributed by atoms with Crippen molar-refractivity contribution in [2.24, 2.45) is 0 Å². The van der Waals surface area contributed by atoms with Gasteiger partial charge >= 0.3 is 5.97 Å². The van der Waals surface area contributed by atoms with Crippen LogP contribution in [0.2, 0.25) is 0 Å². The monoisotopic (exact) mass is 248 g/mol. The summed E-state index contributed by atoms with van der Waals surface area (Å²) in [7, 11) is 0. The van der Waals surface area contributed by atoms with Crippen LogP contribution in [0.15, 0.2) is 24.3 Å². The second kappa shape index (κ2) is 3.99. The molecule has 18 heavy (non-hydrogen) atoms. The van der Waals surface area contributed by atoms with E-state index >= 15 is 0 Å². The van der Waals surface area contributed by atoms with E-state index in [1.807, 2.05) is 24.3 Å². The summed E-state index contributed by atoms with van der Waals surface area (Å²) in [5, 5.41) is 9.24. The predicted molar refractivity (Wildman–Crippen MR) is 64.8 cm³/mol. The smallest absolute Gasteiger partial charge is 0.345 e. The van der Waals surface area contributed by atoms with E-state index < -0.39 is 12.1 Å². The number of para-hydroxylation sites is 1. The summed E-state index contributed by atoms with van der Waals surface area (Å²) in [6.45, 7) is 2.84. The lowest BCUT2D eigenvalue weighted by Gasteiger charge is -2.16. The van der Waals surface area contributed by atoms with Crippen LogP contribution in [0.1, 0.15) is 31.2 Å². The summed E-state index contributed by atoms with van der Waals surface area (Å²) in [5.74, 6) is -0.255. The van der Waals surface area contributed by atoms with Gasteiger partial charge in [0, 0.05) is 11.5 Å². The molecule has 4 nitrogen and oxygen atoms in total. The number of fused-ring (bicyclic) bond motifs is 1. The van der Waals surface area contributed by atoms with Gasteiger partial charge in [0.25, 0.3) is 0 Å². The highest BCUT2D eigenvalue weighted by Crippen LogP contribution is 2.43. The van der Waals surface area contributed by atoms with E-state index in [4.69, 9.17) is 9.47 Å². The summed E-state index contributed by atoms with van der Waals surface area (Å²) < 4.78 is 10.9. The van der Waals surface area contributed by atoms with Gasteiger partial charge in [-0.15, -0.1) is 0 Å². The molecule has 3 atom stereocenters. The van der Waals surface area contributed by atoms with Crippen molar-refractivity contribution in [2.75, 3.05) is 6.61 Å². The van der Waals surface area contributed by atoms with Gasteiger partial charge in [-0.05, 0) is 25.8 Å². The van der Waals surface area contributed by atoms with E-state index in [1.165, 1.54) is 0 Å². The van der Waals surface area contributed by atoms with Crippen LogP contribution in [0, 0.1) is 0 Å². The molecule has 0 aliphatic carbocycles. The summed E-state index contributed by atoms with van der Waals surface area (Å²) in [6, 6.07) is 7.58. The van der Waals surface area contributed by atoms with Crippen molar-refractivity contribution in [1.29, 1.82) is 0 Å². The van der Waals surface area contributed by atoms with Crippen molar-refractivity contribution in [3.05, 3.63) is 29.8 Å². The third-order valence-electron chi connectivity index (χ3n) is 3.80. The van der Waals surface area contributed by atoms with Crippen molar-refractivity contribution in [3.8, 4) is 5.75 Å². The number of rotatable bonds is 4. The molecule has 4 heteroatoms. The lowest BCUT2D eigenvalue weighted by atomic mass is 9.88. The molecule has 96 valence electrons. The van der Waals surface area contributed by atoms with Gasteiger partial charge < -0.3 is 14.6 Å². The molecule has 0 bridgehead atoms. The van der Waals surface area contributed by atoms with Gasteiger partial charge in [-0.25, -0.2) is 4.79 Å². The van der Waals surface area contributed by atoms with Crippen LogP contribution in [0.3, 0.4) is 0 Å². The lowest BCUT2D eigenvalue weighted by molar-refractivity contribution is -0.145. The van der Waals surface area contributed by atoms with Crippen molar-refractivity contribution in [2.45, 2.75) is 37.4 Å². The molecule has 3 unspecified atom stereocenters. The Hall–Kier alpha value is -1.55. The van der Waals surface area contributed by atoms with Gasteiger partial charge in [-0.1, -0.05) is 18.2 Å². The van der Waals surface area contributed by atoms with Crippen LogP contribution in [-0.2, 0) is 9.53 Å². The quantitative estimate of drug-likeness (QED) is 0.830. The van der Waals surface area contributed by atoms with Gasteiger partial charge in [0.1, 0.15) is 5.75 Å². The summed E-state index contributed by atoms with van der Waals surface area (Å²) in [5.41, 5.74) is 0.967. The van der Waals surface area contributed by atoms with E-state index in [1.54, 1.807) is 0 Å². The molecule has 1 aromatic rings. The van der Waals surface area contributed by atoms with Gasteiger partial charge in [0.05, 0.1) is 12.2 Å². The number of carboxylic acids is 1. The fourth-order valence-corrected chi connectivity index (χ4v) is 2.53. The SMILES string of the molecule is CC1(CCC2c3ccccc3OC2C(=O)O)CO1. The molecular weight excluding hydrogens is 232 g/mol. The fraction of sp³-hybridized carbons (Fsp3) is 0.500. The molecule has 1 saturated heterocycles. The van der Waals surface area contributed by atoms with Crippen molar-refractivity contribution >= 4 is 5.97 Å².